The van der Waals surface area contributed by atoms with Crippen molar-refractivity contribution in [2.24, 2.45) is 0 Å². The van der Waals surface area contributed by atoms with Gasteiger partial charge in [0.1, 0.15) is 0 Å². The highest BCUT2D eigenvalue weighted by Crippen LogP contribution is 2.24. The fourth-order valence-corrected chi connectivity index (χ4v) is 3.49. The molecular formula is C15H22BrClN2. The predicted molar refractivity (Wildman–Crippen MR) is 85.8 cm³/mol. The van der Waals surface area contributed by atoms with Crippen LogP contribution in [0.3, 0.4) is 0 Å². The summed E-state index contributed by atoms with van der Waals surface area (Å²) in [5.41, 5.74) is 1.23. The summed E-state index contributed by atoms with van der Waals surface area (Å²) in [6, 6.07) is 6.83. The van der Waals surface area contributed by atoms with E-state index < -0.39 is 0 Å². The topological polar surface area (TPSA) is 6.48 Å². The Morgan fingerprint density at radius 1 is 1.37 bits per heavy atom. The van der Waals surface area contributed by atoms with Gasteiger partial charge in [-0.1, -0.05) is 40.5 Å². The maximum Gasteiger partial charge on any atom is 0.0462 e. The van der Waals surface area contributed by atoms with Gasteiger partial charge < -0.3 is 4.90 Å². The molecule has 1 unspecified atom stereocenters. The molecule has 1 aromatic carbocycles. The molecule has 1 heterocycles. The van der Waals surface area contributed by atoms with Crippen LogP contribution in [0.4, 0.5) is 0 Å². The maximum atomic E-state index is 6.34. The molecule has 0 bridgehead atoms. The van der Waals surface area contributed by atoms with E-state index in [1.807, 2.05) is 6.07 Å². The molecule has 19 heavy (non-hydrogen) atoms. The van der Waals surface area contributed by atoms with Gasteiger partial charge in [-0.25, -0.2) is 0 Å². The van der Waals surface area contributed by atoms with Crippen molar-refractivity contribution in [1.82, 2.24) is 9.80 Å². The average molecular weight is 346 g/mol. The molecule has 106 valence electrons. The molecule has 0 aliphatic carbocycles. The second-order valence-electron chi connectivity index (χ2n) is 5.38. The fourth-order valence-electron chi connectivity index (χ4n) is 2.76. The second kappa shape index (κ2) is 7.07. The van der Waals surface area contributed by atoms with Crippen molar-refractivity contribution in [2.75, 3.05) is 26.7 Å². The minimum absolute atomic E-state index is 0.632. The van der Waals surface area contributed by atoms with Gasteiger partial charge in [-0.15, -0.1) is 0 Å². The summed E-state index contributed by atoms with van der Waals surface area (Å²) in [6.45, 7) is 6.75. The number of likely N-dealkylation sites (N-methyl/N-ethyl adjacent to an activating group) is 1. The van der Waals surface area contributed by atoms with Crippen LogP contribution < -0.4 is 0 Å². The number of hydrogen-bond acceptors (Lipinski definition) is 2. The smallest absolute Gasteiger partial charge is 0.0462 e. The summed E-state index contributed by atoms with van der Waals surface area (Å²) in [6.07, 6.45) is 2.43. The lowest BCUT2D eigenvalue weighted by Crippen LogP contribution is -2.39. The van der Waals surface area contributed by atoms with Crippen LogP contribution in [-0.2, 0) is 6.54 Å². The minimum atomic E-state index is 0.632. The summed E-state index contributed by atoms with van der Waals surface area (Å²) < 4.78 is 1.05. The lowest BCUT2D eigenvalue weighted by atomic mass is 10.1. The molecule has 1 aromatic rings. The van der Waals surface area contributed by atoms with Crippen LogP contribution in [0, 0.1) is 0 Å². The van der Waals surface area contributed by atoms with Gasteiger partial charge in [0.2, 0.25) is 0 Å². The van der Waals surface area contributed by atoms with Crippen molar-refractivity contribution in [3.8, 4) is 0 Å². The van der Waals surface area contributed by atoms with Gasteiger partial charge in [0.15, 0.2) is 0 Å². The van der Waals surface area contributed by atoms with Gasteiger partial charge in [0, 0.05) is 35.2 Å². The Hall–Kier alpha value is -0.0900. The third-order valence-electron chi connectivity index (χ3n) is 3.88. The van der Waals surface area contributed by atoms with Crippen molar-refractivity contribution < 1.29 is 0 Å². The summed E-state index contributed by atoms with van der Waals surface area (Å²) in [7, 11) is 2.22. The monoisotopic (exact) mass is 344 g/mol. The first-order chi connectivity index (χ1) is 9.10. The van der Waals surface area contributed by atoms with Gasteiger partial charge in [-0.2, -0.15) is 0 Å². The van der Waals surface area contributed by atoms with Gasteiger partial charge in [-0.05, 0) is 44.1 Å². The van der Waals surface area contributed by atoms with Gasteiger partial charge in [0.25, 0.3) is 0 Å². The van der Waals surface area contributed by atoms with Crippen LogP contribution in [0.15, 0.2) is 22.7 Å². The van der Waals surface area contributed by atoms with Gasteiger partial charge in [-0.3, -0.25) is 4.90 Å². The zero-order valence-corrected chi connectivity index (χ0v) is 14.0. The Morgan fingerprint density at radius 3 is 2.84 bits per heavy atom. The van der Waals surface area contributed by atoms with Crippen molar-refractivity contribution in [3.05, 3.63) is 33.3 Å². The van der Waals surface area contributed by atoms with Crippen LogP contribution in [0.5, 0.6) is 0 Å². The lowest BCUT2D eigenvalue weighted by molar-refractivity contribution is 0.176. The average Bonchev–Trinajstić information content (AvgIpc) is 2.54. The fraction of sp³-hybridized carbons (Fsp3) is 0.600. The number of halogens is 2. The van der Waals surface area contributed by atoms with Crippen LogP contribution >= 0.6 is 27.5 Å². The van der Waals surface area contributed by atoms with E-state index in [0.29, 0.717) is 6.04 Å². The first-order valence-electron chi connectivity index (χ1n) is 6.96. The van der Waals surface area contributed by atoms with Crippen molar-refractivity contribution in [3.63, 3.8) is 0 Å². The molecule has 2 nitrogen and oxygen atoms in total. The Kier molecular flexibility index (Phi) is 5.70. The highest BCUT2D eigenvalue weighted by Gasteiger charge is 2.22. The summed E-state index contributed by atoms with van der Waals surface area (Å²) in [4.78, 5) is 5.02. The van der Waals surface area contributed by atoms with Gasteiger partial charge >= 0.3 is 0 Å². The Bertz CT molecular complexity index is 425. The summed E-state index contributed by atoms with van der Waals surface area (Å²) in [5, 5.41) is 0.863. The van der Waals surface area contributed by atoms with E-state index in [0.717, 1.165) is 29.1 Å². The largest absolute Gasteiger partial charge is 0.305 e. The minimum Gasteiger partial charge on any atom is -0.305 e. The van der Waals surface area contributed by atoms with E-state index in [1.54, 1.807) is 0 Å². The number of rotatable bonds is 3. The van der Waals surface area contributed by atoms with E-state index in [1.165, 1.54) is 24.9 Å². The SMILES string of the molecule is CCC1CN(C)CCCN1Cc1ccc(Br)cc1Cl. The normalized spacial score (nSPS) is 22.4. The van der Waals surface area contributed by atoms with E-state index in [2.05, 4.69) is 51.8 Å². The molecule has 0 N–H and O–H groups in total. The highest BCUT2D eigenvalue weighted by molar-refractivity contribution is 9.10. The second-order valence-corrected chi connectivity index (χ2v) is 6.71. The van der Waals surface area contributed by atoms with Crippen molar-refractivity contribution >= 4 is 27.5 Å². The third kappa shape index (κ3) is 4.19. The number of nitrogens with zero attached hydrogens (tertiary/aromatic N) is 2. The number of benzene rings is 1. The third-order valence-corrected chi connectivity index (χ3v) is 4.73. The molecule has 0 spiro atoms. The molecule has 0 aromatic heterocycles. The highest BCUT2D eigenvalue weighted by atomic mass is 79.9. The quantitative estimate of drug-likeness (QED) is 0.816. The predicted octanol–water partition coefficient (Wildman–Crippen LogP) is 4.02. The molecule has 0 amide bonds. The maximum absolute atomic E-state index is 6.34. The molecule has 0 saturated carbocycles. The van der Waals surface area contributed by atoms with Crippen LogP contribution in [0.2, 0.25) is 5.02 Å². The Labute approximate surface area is 129 Å². The molecule has 1 aliphatic heterocycles. The zero-order chi connectivity index (χ0) is 13.8. The van der Waals surface area contributed by atoms with Crippen LogP contribution in [-0.4, -0.2) is 42.5 Å². The Morgan fingerprint density at radius 2 is 2.16 bits per heavy atom. The molecule has 2 rings (SSSR count). The first-order valence-corrected chi connectivity index (χ1v) is 8.13. The molecule has 1 atom stereocenters. The van der Waals surface area contributed by atoms with E-state index >= 15 is 0 Å². The van der Waals surface area contributed by atoms with E-state index in [4.69, 9.17) is 11.6 Å². The van der Waals surface area contributed by atoms with Crippen molar-refractivity contribution in [2.45, 2.75) is 32.4 Å². The molecular weight excluding hydrogens is 324 g/mol. The van der Waals surface area contributed by atoms with Crippen molar-refractivity contribution in [1.29, 1.82) is 0 Å². The van der Waals surface area contributed by atoms with Crippen LogP contribution in [0.1, 0.15) is 25.3 Å². The summed E-state index contributed by atoms with van der Waals surface area (Å²) in [5.74, 6) is 0. The Balaban J connectivity index is 2.11. The number of hydrogen-bond donors (Lipinski definition) is 0. The first kappa shape index (κ1) is 15.3. The van der Waals surface area contributed by atoms with E-state index in [9.17, 15) is 0 Å². The molecule has 1 fully saturated rings. The zero-order valence-electron chi connectivity index (χ0n) is 11.7. The summed E-state index contributed by atoms with van der Waals surface area (Å²) >= 11 is 9.80. The van der Waals surface area contributed by atoms with Crippen LogP contribution in [0.25, 0.3) is 0 Å². The molecule has 4 heteroatoms. The standard InChI is InChI=1S/C15H22BrClN2/c1-3-14-11-18(2)7-4-8-19(14)10-12-5-6-13(16)9-15(12)17/h5-6,9,14H,3-4,7-8,10-11H2,1-2H3. The molecule has 1 aliphatic rings. The van der Waals surface area contributed by atoms with E-state index in [-0.39, 0.29) is 0 Å². The lowest BCUT2D eigenvalue weighted by Gasteiger charge is -2.30. The molecule has 0 radical (unpaired) electrons. The van der Waals surface area contributed by atoms with Gasteiger partial charge in [0.05, 0.1) is 0 Å². The molecule has 1 saturated heterocycles.